The second-order valence-electron chi connectivity index (χ2n) is 6.25. The lowest BCUT2D eigenvalue weighted by atomic mass is 9.86. The molecule has 0 aliphatic heterocycles. The zero-order valence-corrected chi connectivity index (χ0v) is 12.8. The maximum Gasteiger partial charge on any atom is 0.306 e. The number of amides is 1. The molecular formula is C15H28N2O3. The van der Waals surface area contributed by atoms with Crippen LogP contribution in [0.5, 0.6) is 0 Å². The van der Waals surface area contributed by atoms with Crippen LogP contribution in [0.3, 0.4) is 0 Å². The minimum Gasteiger partial charge on any atom is -0.481 e. The first-order chi connectivity index (χ1) is 9.40. The molecule has 0 aromatic heterocycles. The van der Waals surface area contributed by atoms with E-state index in [-0.39, 0.29) is 23.9 Å². The van der Waals surface area contributed by atoms with E-state index in [1.807, 2.05) is 6.92 Å². The molecule has 1 amide bonds. The van der Waals surface area contributed by atoms with Gasteiger partial charge in [0.1, 0.15) is 0 Å². The third kappa shape index (κ3) is 5.90. The first kappa shape index (κ1) is 17.0. The zero-order valence-electron chi connectivity index (χ0n) is 12.8. The van der Waals surface area contributed by atoms with E-state index in [9.17, 15) is 9.59 Å². The standard InChI is InChI=1S/C15H28N2O3/c1-10(2)8-9-16-14(18)11(3)17-13-6-4-12(5-7-13)15(19)20/h10-13,17H,4-9H2,1-3H3,(H,16,18)(H,19,20). The number of carboxylic acids is 1. The van der Waals surface area contributed by atoms with Crippen molar-refractivity contribution in [1.82, 2.24) is 10.6 Å². The Labute approximate surface area is 121 Å². The van der Waals surface area contributed by atoms with E-state index in [1.54, 1.807) is 0 Å². The highest BCUT2D eigenvalue weighted by Crippen LogP contribution is 2.24. The predicted molar refractivity (Wildman–Crippen MR) is 78.4 cm³/mol. The van der Waals surface area contributed by atoms with Crippen LogP contribution in [-0.2, 0) is 9.59 Å². The summed E-state index contributed by atoms with van der Waals surface area (Å²) in [7, 11) is 0. The Morgan fingerprint density at radius 1 is 1.15 bits per heavy atom. The molecule has 0 heterocycles. The van der Waals surface area contributed by atoms with Gasteiger partial charge in [-0.15, -0.1) is 0 Å². The zero-order chi connectivity index (χ0) is 15.1. The maximum absolute atomic E-state index is 11.9. The van der Waals surface area contributed by atoms with Gasteiger partial charge in [-0.3, -0.25) is 9.59 Å². The minimum absolute atomic E-state index is 0.0333. The fourth-order valence-electron chi connectivity index (χ4n) is 2.57. The Balaban J connectivity index is 2.23. The molecule has 0 aromatic rings. The van der Waals surface area contributed by atoms with Crippen LogP contribution in [0.25, 0.3) is 0 Å². The van der Waals surface area contributed by atoms with Crippen LogP contribution in [0, 0.1) is 11.8 Å². The molecule has 5 heteroatoms. The molecule has 0 radical (unpaired) electrons. The number of nitrogens with one attached hydrogen (secondary N) is 2. The topological polar surface area (TPSA) is 78.4 Å². The summed E-state index contributed by atoms with van der Waals surface area (Å²) in [5.41, 5.74) is 0. The van der Waals surface area contributed by atoms with E-state index in [0.29, 0.717) is 25.3 Å². The van der Waals surface area contributed by atoms with Crippen molar-refractivity contribution in [2.24, 2.45) is 11.8 Å². The number of hydrogen-bond donors (Lipinski definition) is 3. The fourth-order valence-corrected chi connectivity index (χ4v) is 2.57. The Bertz CT molecular complexity index is 323. The number of aliphatic carboxylic acids is 1. The summed E-state index contributed by atoms with van der Waals surface area (Å²) in [6, 6.07) is 0.0463. The average molecular weight is 284 g/mol. The summed E-state index contributed by atoms with van der Waals surface area (Å²) in [6.07, 6.45) is 4.06. The van der Waals surface area contributed by atoms with Crippen molar-refractivity contribution in [2.45, 2.75) is 65.0 Å². The molecule has 0 spiro atoms. The summed E-state index contributed by atoms with van der Waals surface area (Å²) in [4.78, 5) is 22.8. The lowest BCUT2D eigenvalue weighted by Gasteiger charge is -2.29. The summed E-state index contributed by atoms with van der Waals surface area (Å²) >= 11 is 0. The molecule has 3 N–H and O–H groups in total. The maximum atomic E-state index is 11.9. The van der Waals surface area contributed by atoms with Gasteiger partial charge in [-0.1, -0.05) is 13.8 Å². The molecule has 1 atom stereocenters. The average Bonchev–Trinajstić information content (AvgIpc) is 2.38. The van der Waals surface area contributed by atoms with E-state index in [2.05, 4.69) is 24.5 Å². The Kier molecular flexibility index (Phi) is 6.99. The Hall–Kier alpha value is -1.10. The summed E-state index contributed by atoms with van der Waals surface area (Å²) < 4.78 is 0. The van der Waals surface area contributed by atoms with Crippen LogP contribution in [0.2, 0.25) is 0 Å². The van der Waals surface area contributed by atoms with Crippen molar-refractivity contribution in [2.75, 3.05) is 6.54 Å². The normalized spacial score (nSPS) is 24.4. The molecule has 0 saturated heterocycles. The van der Waals surface area contributed by atoms with Crippen molar-refractivity contribution in [3.63, 3.8) is 0 Å². The van der Waals surface area contributed by atoms with Crippen molar-refractivity contribution in [3.05, 3.63) is 0 Å². The van der Waals surface area contributed by atoms with Gasteiger partial charge in [0, 0.05) is 12.6 Å². The van der Waals surface area contributed by atoms with Crippen molar-refractivity contribution < 1.29 is 14.7 Å². The van der Waals surface area contributed by atoms with E-state index in [0.717, 1.165) is 19.3 Å². The van der Waals surface area contributed by atoms with Gasteiger partial charge in [0.15, 0.2) is 0 Å². The largest absolute Gasteiger partial charge is 0.481 e. The first-order valence-electron chi connectivity index (χ1n) is 7.66. The molecular weight excluding hydrogens is 256 g/mol. The smallest absolute Gasteiger partial charge is 0.306 e. The highest BCUT2D eigenvalue weighted by Gasteiger charge is 2.27. The number of carbonyl (C=O) groups is 2. The highest BCUT2D eigenvalue weighted by molar-refractivity contribution is 5.81. The molecule has 116 valence electrons. The van der Waals surface area contributed by atoms with Crippen LogP contribution in [0.4, 0.5) is 0 Å². The quantitative estimate of drug-likeness (QED) is 0.666. The molecule has 0 bridgehead atoms. The molecule has 1 fully saturated rings. The molecule has 20 heavy (non-hydrogen) atoms. The van der Waals surface area contributed by atoms with Crippen LogP contribution < -0.4 is 10.6 Å². The summed E-state index contributed by atoms with van der Waals surface area (Å²) in [6.45, 7) is 6.85. The predicted octanol–water partition coefficient (Wildman–Crippen LogP) is 1.77. The van der Waals surface area contributed by atoms with Crippen LogP contribution in [0.1, 0.15) is 52.9 Å². The van der Waals surface area contributed by atoms with Gasteiger partial charge in [0.25, 0.3) is 0 Å². The first-order valence-corrected chi connectivity index (χ1v) is 7.66. The third-order valence-electron chi connectivity index (χ3n) is 3.98. The molecule has 5 nitrogen and oxygen atoms in total. The molecule has 1 rings (SSSR count). The van der Waals surface area contributed by atoms with Crippen molar-refractivity contribution >= 4 is 11.9 Å². The van der Waals surface area contributed by atoms with Gasteiger partial charge in [-0.25, -0.2) is 0 Å². The van der Waals surface area contributed by atoms with E-state index >= 15 is 0 Å². The Morgan fingerprint density at radius 3 is 2.25 bits per heavy atom. The van der Waals surface area contributed by atoms with Gasteiger partial charge in [0.05, 0.1) is 12.0 Å². The van der Waals surface area contributed by atoms with Gasteiger partial charge in [-0.2, -0.15) is 0 Å². The molecule has 1 unspecified atom stereocenters. The van der Waals surface area contributed by atoms with E-state index in [4.69, 9.17) is 5.11 Å². The lowest BCUT2D eigenvalue weighted by molar-refractivity contribution is -0.143. The third-order valence-corrected chi connectivity index (χ3v) is 3.98. The van der Waals surface area contributed by atoms with Crippen LogP contribution in [-0.4, -0.2) is 35.6 Å². The second-order valence-corrected chi connectivity index (χ2v) is 6.25. The number of carboxylic acid groups (broad SMARTS) is 1. The number of hydrogen-bond acceptors (Lipinski definition) is 3. The monoisotopic (exact) mass is 284 g/mol. The minimum atomic E-state index is -0.692. The number of rotatable bonds is 7. The van der Waals surface area contributed by atoms with Gasteiger partial charge in [0.2, 0.25) is 5.91 Å². The molecule has 1 aliphatic rings. The molecule has 0 aromatic carbocycles. The van der Waals surface area contributed by atoms with Crippen LogP contribution >= 0.6 is 0 Å². The molecule has 1 saturated carbocycles. The van der Waals surface area contributed by atoms with E-state index < -0.39 is 5.97 Å². The summed E-state index contributed by atoms with van der Waals surface area (Å²) in [5.74, 6) is -0.276. The molecule has 1 aliphatic carbocycles. The Morgan fingerprint density at radius 2 is 1.75 bits per heavy atom. The lowest BCUT2D eigenvalue weighted by Crippen LogP contribution is -2.48. The highest BCUT2D eigenvalue weighted by atomic mass is 16.4. The second kappa shape index (κ2) is 8.25. The SMILES string of the molecule is CC(C)CCNC(=O)C(C)NC1CCC(C(=O)O)CC1. The van der Waals surface area contributed by atoms with Gasteiger partial charge < -0.3 is 15.7 Å². The van der Waals surface area contributed by atoms with Crippen LogP contribution in [0.15, 0.2) is 0 Å². The van der Waals surface area contributed by atoms with Crippen molar-refractivity contribution in [1.29, 1.82) is 0 Å². The summed E-state index contributed by atoms with van der Waals surface area (Å²) in [5, 5.41) is 15.2. The van der Waals surface area contributed by atoms with Crippen molar-refractivity contribution in [3.8, 4) is 0 Å². The van der Waals surface area contributed by atoms with Gasteiger partial charge in [-0.05, 0) is 44.9 Å². The van der Waals surface area contributed by atoms with E-state index in [1.165, 1.54) is 0 Å². The number of carbonyl (C=O) groups excluding carboxylic acids is 1. The van der Waals surface area contributed by atoms with Gasteiger partial charge >= 0.3 is 5.97 Å². The fraction of sp³-hybridized carbons (Fsp3) is 0.867.